The Morgan fingerprint density at radius 1 is 1.48 bits per heavy atom. The molecule has 0 aliphatic carbocycles. The van der Waals surface area contributed by atoms with Gasteiger partial charge in [0.25, 0.3) is 5.91 Å². The van der Waals surface area contributed by atoms with Crippen LogP contribution in [0.3, 0.4) is 0 Å². The molecule has 1 aliphatic heterocycles. The van der Waals surface area contributed by atoms with Crippen molar-refractivity contribution in [3.8, 4) is 11.8 Å². The second-order valence-corrected chi connectivity index (χ2v) is 5.65. The smallest absolute Gasteiger partial charge is 0.254 e. The first-order valence-electron chi connectivity index (χ1n) is 7.19. The number of nitrogens with zero attached hydrogens (tertiary/aromatic N) is 2. The summed E-state index contributed by atoms with van der Waals surface area (Å²) in [6.07, 6.45) is 1.02. The summed E-state index contributed by atoms with van der Waals surface area (Å²) in [6, 6.07) is 6.05. The lowest BCUT2D eigenvalue weighted by Gasteiger charge is -2.21. The monoisotopic (exact) mass is 286 g/mol. The largest absolute Gasteiger partial charge is 0.384 e. The summed E-state index contributed by atoms with van der Waals surface area (Å²) in [6.45, 7) is 3.34. The number of carbonyl (C=O) groups is 1. The molecule has 1 saturated heterocycles. The van der Waals surface area contributed by atoms with Crippen molar-refractivity contribution in [3.05, 3.63) is 34.9 Å². The number of hydrogen-bond acceptors (Lipinski definition) is 3. The van der Waals surface area contributed by atoms with E-state index in [-0.39, 0.29) is 12.5 Å². The van der Waals surface area contributed by atoms with Crippen LogP contribution in [0.15, 0.2) is 18.2 Å². The van der Waals surface area contributed by atoms with E-state index in [2.05, 4.69) is 30.8 Å². The predicted molar refractivity (Wildman–Crippen MR) is 83.1 cm³/mol. The molecule has 112 valence electrons. The third kappa shape index (κ3) is 3.63. The van der Waals surface area contributed by atoms with Crippen LogP contribution in [0.4, 0.5) is 0 Å². The maximum Gasteiger partial charge on any atom is 0.254 e. The second kappa shape index (κ2) is 6.75. The lowest BCUT2D eigenvalue weighted by atomic mass is 10.0. The highest BCUT2D eigenvalue weighted by atomic mass is 16.2. The summed E-state index contributed by atoms with van der Waals surface area (Å²) in [5, 5.41) is 8.76. The maximum atomic E-state index is 12.7. The number of amides is 1. The summed E-state index contributed by atoms with van der Waals surface area (Å²) in [4.78, 5) is 16.8. The van der Waals surface area contributed by atoms with Gasteiger partial charge in [-0.1, -0.05) is 17.9 Å². The van der Waals surface area contributed by atoms with E-state index in [1.54, 1.807) is 0 Å². The summed E-state index contributed by atoms with van der Waals surface area (Å²) in [7, 11) is 4.10. The fourth-order valence-electron chi connectivity index (χ4n) is 2.59. The molecule has 2 rings (SSSR count). The third-order valence-corrected chi connectivity index (χ3v) is 3.96. The molecule has 0 spiro atoms. The third-order valence-electron chi connectivity index (χ3n) is 3.96. The van der Waals surface area contributed by atoms with Gasteiger partial charge in [-0.05, 0) is 45.1 Å². The van der Waals surface area contributed by atoms with E-state index in [9.17, 15) is 4.79 Å². The van der Waals surface area contributed by atoms with Crippen molar-refractivity contribution in [2.24, 2.45) is 0 Å². The average molecular weight is 286 g/mol. The average Bonchev–Trinajstić information content (AvgIpc) is 2.95. The minimum atomic E-state index is -0.173. The lowest BCUT2D eigenvalue weighted by Crippen LogP contribution is -2.34. The van der Waals surface area contributed by atoms with Gasteiger partial charge in [0, 0.05) is 30.3 Å². The number of hydrogen-bond donors (Lipinski definition) is 1. The lowest BCUT2D eigenvalue weighted by molar-refractivity contribution is 0.0782. The van der Waals surface area contributed by atoms with Gasteiger partial charge >= 0.3 is 0 Å². The van der Waals surface area contributed by atoms with E-state index in [4.69, 9.17) is 5.11 Å². The number of carbonyl (C=O) groups excluding carboxylic acids is 1. The Kier molecular flexibility index (Phi) is 5.00. The minimum absolute atomic E-state index is 0.0736. The van der Waals surface area contributed by atoms with Crippen molar-refractivity contribution < 1.29 is 9.90 Å². The zero-order valence-corrected chi connectivity index (χ0v) is 12.9. The zero-order chi connectivity index (χ0) is 15.4. The molecular formula is C17H22N2O2. The standard InChI is InChI=1S/C17H22N2O2/c1-13-6-7-14(5-4-10-20)11-16(13)17(21)19-9-8-15(12-19)18(2)3/h6-7,11,15,20H,8-10,12H2,1-3H3. The minimum Gasteiger partial charge on any atom is -0.384 e. The predicted octanol–water partition coefficient (Wildman–Crippen LogP) is 1.11. The molecule has 1 fully saturated rings. The van der Waals surface area contributed by atoms with Crippen molar-refractivity contribution in [2.75, 3.05) is 33.8 Å². The first-order valence-corrected chi connectivity index (χ1v) is 7.19. The van der Waals surface area contributed by atoms with Crippen molar-refractivity contribution in [1.82, 2.24) is 9.80 Å². The van der Waals surface area contributed by atoms with Crippen molar-refractivity contribution >= 4 is 5.91 Å². The number of aryl methyl sites for hydroxylation is 1. The van der Waals surface area contributed by atoms with E-state index in [0.717, 1.165) is 30.6 Å². The summed E-state index contributed by atoms with van der Waals surface area (Å²) >= 11 is 0. The number of likely N-dealkylation sites (N-methyl/N-ethyl adjacent to an activating group) is 1. The van der Waals surface area contributed by atoms with Gasteiger partial charge in [0.2, 0.25) is 0 Å². The Hall–Kier alpha value is -1.83. The van der Waals surface area contributed by atoms with Crippen LogP contribution in [-0.4, -0.2) is 60.6 Å². The Labute approximate surface area is 126 Å². The summed E-state index contributed by atoms with van der Waals surface area (Å²) in [5.74, 6) is 5.54. The van der Waals surface area contributed by atoms with Gasteiger partial charge in [-0.25, -0.2) is 0 Å². The first-order chi connectivity index (χ1) is 10.0. The van der Waals surface area contributed by atoms with Crippen molar-refractivity contribution in [1.29, 1.82) is 0 Å². The normalized spacial score (nSPS) is 17.8. The topological polar surface area (TPSA) is 43.8 Å². The Balaban J connectivity index is 2.19. The maximum absolute atomic E-state index is 12.7. The van der Waals surface area contributed by atoms with Crippen LogP contribution in [0.5, 0.6) is 0 Å². The molecule has 0 radical (unpaired) electrons. The first kappa shape index (κ1) is 15.6. The fourth-order valence-corrected chi connectivity index (χ4v) is 2.59. The molecule has 1 aromatic carbocycles. The second-order valence-electron chi connectivity index (χ2n) is 5.65. The van der Waals surface area contributed by atoms with Gasteiger partial charge in [0.05, 0.1) is 0 Å². The highest BCUT2D eigenvalue weighted by Crippen LogP contribution is 2.19. The Morgan fingerprint density at radius 2 is 2.24 bits per heavy atom. The van der Waals surface area contributed by atoms with Crippen molar-refractivity contribution in [3.63, 3.8) is 0 Å². The van der Waals surface area contributed by atoms with E-state index < -0.39 is 0 Å². The molecule has 1 aromatic rings. The van der Waals surface area contributed by atoms with Gasteiger partial charge in [-0.2, -0.15) is 0 Å². The molecule has 0 bridgehead atoms. The molecule has 4 nitrogen and oxygen atoms in total. The number of aliphatic hydroxyl groups excluding tert-OH is 1. The van der Waals surface area contributed by atoms with E-state index >= 15 is 0 Å². The number of likely N-dealkylation sites (tertiary alicyclic amines) is 1. The summed E-state index contributed by atoms with van der Waals surface area (Å²) in [5.41, 5.74) is 2.43. The fraction of sp³-hybridized carbons (Fsp3) is 0.471. The SMILES string of the molecule is Cc1ccc(C#CCO)cc1C(=O)N1CCC(N(C)C)C1. The van der Waals surface area contributed by atoms with Crippen LogP contribution in [0.2, 0.25) is 0 Å². The van der Waals surface area contributed by atoms with Crippen LogP contribution < -0.4 is 0 Å². The quantitative estimate of drug-likeness (QED) is 0.829. The van der Waals surface area contributed by atoms with Gasteiger partial charge in [0.1, 0.15) is 6.61 Å². The van der Waals surface area contributed by atoms with Crippen LogP contribution in [0, 0.1) is 18.8 Å². The Bertz CT molecular complexity index is 584. The van der Waals surface area contributed by atoms with E-state index in [0.29, 0.717) is 11.6 Å². The van der Waals surface area contributed by atoms with Gasteiger partial charge < -0.3 is 14.9 Å². The van der Waals surface area contributed by atoms with Gasteiger partial charge in [-0.3, -0.25) is 4.79 Å². The van der Waals surface area contributed by atoms with E-state index in [1.807, 2.05) is 30.0 Å². The van der Waals surface area contributed by atoms with Crippen LogP contribution in [-0.2, 0) is 0 Å². The van der Waals surface area contributed by atoms with Crippen LogP contribution in [0.25, 0.3) is 0 Å². The Morgan fingerprint density at radius 3 is 2.86 bits per heavy atom. The molecular weight excluding hydrogens is 264 g/mol. The molecule has 1 N–H and O–H groups in total. The highest BCUT2D eigenvalue weighted by molar-refractivity contribution is 5.96. The van der Waals surface area contributed by atoms with E-state index in [1.165, 1.54) is 0 Å². The van der Waals surface area contributed by atoms with Crippen LogP contribution in [0.1, 0.15) is 27.9 Å². The molecule has 0 aromatic heterocycles. The molecule has 0 saturated carbocycles. The number of benzene rings is 1. The zero-order valence-electron chi connectivity index (χ0n) is 12.9. The van der Waals surface area contributed by atoms with Crippen molar-refractivity contribution in [2.45, 2.75) is 19.4 Å². The van der Waals surface area contributed by atoms with Gasteiger partial charge in [-0.15, -0.1) is 0 Å². The number of aliphatic hydroxyl groups is 1. The highest BCUT2D eigenvalue weighted by Gasteiger charge is 2.28. The molecule has 1 unspecified atom stereocenters. The molecule has 1 aliphatic rings. The van der Waals surface area contributed by atoms with Crippen LogP contribution >= 0.6 is 0 Å². The van der Waals surface area contributed by atoms with Gasteiger partial charge in [0.15, 0.2) is 0 Å². The molecule has 4 heteroatoms. The number of rotatable bonds is 2. The molecule has 1 atom stereocenters. The molecule has 1 amide bonds. The molecule has 21 heavy (non-hydrogen) atoms. The summed E-state index contributed by atoms with van der Waals surface area (Å²) < 4.78 is 0. The molecule has 1 heterocycles.